The van der Waals surface area contributed by atoms with Crippen LogP contribution in [0.15, 0.2) is 18.2 Å². The van der Waals surface area contributed by atoms with Crippen LogP contribution in [0.1, 0.15) is 19.4 Å². The predicted molar refractivity (Wildman–Crippen MR) is 80.2 cm³/mol. The quantitative estimate of drug-likeness (QED) is 0.818. The number of nitrogens with one attached hydrogen (secondary N) is 1. The van der Waals surface area contributed by atoms with Crippen LogP contribution in [0.2, 0.25) is 0 Å². The summed E-state index contributed by atoms with van der Waals surface area (Å²) in [5, 5.41) is 3.29. The smallest absolute Gasteiger partial charge is 0.129 e. The molecule has 0 spiro atoms. The molecule has 0 fully saturated rings. The molecule has 4 heteroatoms. The van der Waals surface area contributed by atoms with Crippen molar-refractivity contribution in [2.24, 2.45) is 0 Å². The van der Waals surface area contributed by atoms with Gasteiger partial charge in [-0.05, 0) is 26.2 Å². The Kier molecular flexibility index (Phi) is 6.25. The van der Waals surface area contributed by atoms with Crippen molar-refractivity contribution in [1.82, 2.24) is 10.2 Å². The normalized spacial score (nSPS) is 11.4. The highest BCUT2D eigenvalue weighted by atomic mass is 19.1. The molecule has 108 valence electrons. The van der Waals surface area contributed by atoms with Crippen molar-refractivity contribution in [3.05, 3.63) is 29.6 Å². The number of anilines is 1. The Labute approximate surface area is 116 Å². The monoisotopic (exact) mass is 267 g/mol. The van der Waals surface area contributed by atoms with Gasteiger partial charge in [0.25, 0.3) is 0 Å². The molecule has 0 aliphatic heterocycles. The topological polar surface area (TPSA) is 18.5 Å². The zero-order chi connectivity index (χ0) is 14.4. The third kappa shape index (κ3) is 5.17. The summed E-state index contributed by atoms with van der Waals surface area (Å²) in [6, 6.07) is 5.63. The molecular weight excluding hydrogens is 241 g/mol. The van der Waals surface area contributed by atoms with Crippen molar-refractivity contribution < 1.29 is 4.39 Å². The lowest BCUT2D eigenvalue weighted by molar-refractivity contribution is 0.416. The van der Waals surface area contributed by atoms with Gasteiger partial charge in [-0.15, -0.1) is 0 Å². The van der Waals surface area contributed by atoms with Gasteiger partial charge in [-0.3, -0.25) is 0 Å². The van der Waals surface area contributed by atoms with Crippen LogP contribution in [0.3, 0.4) is 0 Å². The molecule has 0 aliphatic carbocycles. The average Bonchev–Trinajstić information content (AvgIpc) is 2.33. The lowest BCUT2D eigenvalue weighted by Gasteiger charge is -2.25. The van der Waals surface area contributed by atoms with Gasteiger partial charge in [0.2, 0.25) is 0 Å². The maximum absolute atomic E-state index is 14.0. The number of hydrogen-bond acceptors (Lipinski definition) is 3. The fraction of sp³-hybridized carbons (Fsp3) is 0.600. The molecule has 1 N–H and O–H groups in total. The van der Waals surface area contributed by atoms with Crippen LogP contribution < -0.4 is 10.2 Å². The van der Waals surface area contributed by atoms with E-state index in [1.165, 1.54) is 6.07 Å². The van der Waals surface area contributed by atoms with Crippen molar-refractivity contribution in [3.8, 4) is 0 Å². The fourth-order valence-corrected chi connectivity index (χ4v) is 1.86. The van der Waals surface area contributed by atoms with Crippen molar-refractivity contribution in [2.75, 3.05) is 39.1 Å². The second kappa shape index (κ2) is 7.46. The summed E-state index contributed by atoms with van der Waals surface area (Å²) in [6.07, 6.45) is 0. The van der Waals surface area contributed by atoms with Crippen molar-refractivity contribution in [1.29, 1.82) is 0 Å². The fourth-order valence-electron chi connectivity index (χ4n) is 1.86. The second-order valence-electron chi connectivity index (χ2n) is 5.50. The van der Waals surface area contributed by atoms with Gasteiger partial charge in [0.05, 0.1) is 0 Å². The first-order valence-corrected chi connectivity index (χ1v) is 6.78. The van der Waals surface area contributed by atoms with Gasteiger partial charge in [0, 0.05) is 44.0 Å². The van der Waals surface area contributed by atoms with E-state index in [1.54, 1.807) is 6.07 Å². The second-order valence-corrected chi connectivity index (χ2v) is 5.50. The number of likely N-dealkylation sites (N-methyl/N-ethyl adjacent to an activating group) is 2. The Morgan fingerprint density at radius 2 is 1.84 bits per heavy atom. The highest BCUT2D eigenvalue weighted by molar-refractivity contribution is 5.53. The van der Waals surface area contributed by atoms with E-state index in [-0.39, 0.29) is 5.82 Å². The first kappa shape index (κ1) is 15.9. The maximum atomic E-state index is 14.0. The molecule has 0 radical (unpaired) electrons. The van der Waals surface area contributed by atoms with Crippen LogP contribution >= 0.6 is 0 Å². The summed E-state index contributed by atoms with van der Waals surface area (Å²) in [6.45, 7) is 6.52. The van der Waals surface area contributed by atoms with Crippen molar-refractivity contribution in [3.63, 3.8) is 0 Å². The summed E-state index contributed by atoms with van der Waals surface area (Å²) < 4.78 is 14.0. The van der Waals surface area contributed by atoms with Gasteiger partial charge < -0.3 is 15.1 Å². The van der Waals surface area contributed by atoms with Gasteiger partial charge in [-0.1, -0.05) is 19.9 Å². The number of benzene rings is 1. The highest BCUT2D eigenvalue weighted by Gasteiger charge is 2.12. The molecule has 0 unspecified atom stereocenters. The average molecular weight is 267 g/mol. The van der Waals surface area contributed by atoms with E-state index in [1.807, 2.05) is 27.2 Å². The summed E-state index contributed by atoms with van der Waals surface area (Å²) in [7, 11) is 6.10. The standard InChI is InChI=1S/C15H26FN3/c1-12(2)17-11-13-14(16)7-6-8-15(13)19(5)10-9-18(3)4/h6-8,12,17H,9-11H2,1-5H3. The lowest BCUT2D eigenvalue weighted by atomic mass is 10.1. The van der Waals surface area contributed by atoms with Gasteiger partial charge >= 0.3 is 0 Å². The van der Waals surface area contributed by atoms with E-state index >= 15 is 0 Å². The molecule has 0 bridgehead atoms. The minimum absolute atomic E-state index is 0.137. The van der Waals surface area contributed by atoms with Crippen LogP contribution in [0, 0.1) is 5.82 Å². The zero-order valence-corrected chi connectivity index (χ0v) is 12.7. The summed E-state index contributed by atoms with van der Waals surface area (Å²) in [4.78, 5) is 4.24. The molecule has 1 aromatic rings. The predicted octanol–water partition coefficient (Wildman–Crippen LogP) is 2.32. The minimum Gasteiger partial charge on any atom is -0.373 e. The molecule has 1 rings (SSSR count). The first-order chi connectivity index (χ1) is 8.91. The SMILES string of the molecule is CC(C)NCc1c(F)cccc1N(C)CCN(C)C. The summed E-state index contributed by atoms with van der Waals surface area (Å²) in [5.74, 6) is -0.137. The molecule has 19 heavy (non-hydrogen) atoms. The van der Waals surface area contributed by atoms with E-state index in [2.05, 4.69) is 29.0 Å². The Balaban J connectivity index is 2.83. The molecule has 0 aliphatic rings. The maximum Gasteiger partial charge on any atom is 0.129 e. The van der Waals surface area contributed by atoms with Crippen LogP contribution in [-0.2, 0) is 6.54 Å². The number of nitrogens with zero attached hydrogens (tertiary/aromatic N) is 2. The van der Waals surface area contributed by atoms with E-state index in [0.29, 0.717) is 12.6 Å². The van der Waals surface area contributed by atoms with E-state index in [9.17, 15) is 4.39 Å². The van der Waals surface area contributed by atoms with Crippen LogP contribution in [0.25, 0.3) is 0 Å². The van der Waals surface area contributed by atoms with Gasteiger partial charge in [0.15, 0.2) is 0 Å². The summed E-state index contributed by atoms with van der Waals surface area (Å²) in [5.41, 5.74) is 1.72. The van der Waals surface area contributed by atoms with E-state index < -0.39 is 0 Å². The highest BCUT2D eigenvalue weighted by Crippen LogP contribution is 2.22. The van der Waals surface area contributed by atoms with Crippen molar-refractivity contribution in [2.45, 2.75) is 26.4 Å². The molecule has 0 heterocycles. The largest absolute Gasteiger partial charge is 0.373 e. The van der Waals surface area contributed by atoms with Gasteiger partial charge in [0.1, 0.15) is 5.82 Å². The van der Waals surface area contributed by atoms with E-state index in [0.717, 1.165) is 24.3 Å². The molecule has 0 amide bonds. The third-order valence-corrected chi connectivity index (χ3v) is 3.08. The Bertz CT molecular complexity index is 391. The minimum atomic E-state index is -0.137. The van der Waals surface area contributed by atoms with Crippen LogP contribution in [0.4, 0.5) is 10.1 Å². The molecule has 1 aromatic carbocycles. The molecular formula is C15H26FN3. The first-order valence-electron chi connectivity index (χ1n) is 6.78. The molecule has 0 saturated heterocycles. The van der Waals surface area contributed by atoms with Crippen LogP contribution in [0.5, 0.6) is 0 Å². The Hall–Kier alpha value is -1.13. The Morgan fingerprint density at radius 3 is 2.42 bits per heavy atom. The van der Waals surface area contributed by atoms with Gasteiger partial charge in [-0.25, -0.2) is 4.39 Å². The number of hydrogen-bond donors (Lipinski definition) is 1. The molecule has 0 saturated carbocycles. The molecule has 0 aromatic heterocycles. The van der Waals surface area contributed by atoms with Crippen molar-refractivity contribution >= 4 is 5.69 Å². The number of rotatable bonds is 7. The molecule has 0 atom stereocenters. The zero-order valence-electron chi connectivity index (χ0n) is 12.7. The summed E-state index contributed by atoms with van der Waals surface area (Å²) >= 11 is 0. The third-order valence-electron chi connectivity index (χ3n) is 3.08. The lowest BCUT2D eigenvalue weighted by Crippen LogP contribution is -2.30. The Morgan fingerprint density at radius 1 is 1.16 bits per heavy atom. The van der Waals surface area contributed by atoms with E-state index in [4.69, 9.17) is 0 Å². The number of halogens is 1. The van der Waals surface area contributed by atoms with Gasteiger partial charge in [-0.2, -0.15) is 0 Å². The van der Waals surface area contributed by atoms with Crippen LogP contribution in [-0.4, -0.2) is 45.2 Å². The molecule has 3 nitrogen and oxygen atoms in total.